The summed E-state index contributed by atoms with van der Waals surface area (Å²) < 4.78 is 2.13. The molecule has 0 bridgehead atoms. The van der Waals surface area contributed by atoms with Gasteiger partial charge in [-0.2, -0.15) is 0 Å². The van der Waals surface area contributed by atoms with E-state index in [0.717, 1.165) is 27.9 Å². The minimum atomic E-state index is 0.679. The van der Waals surface area contributed by atoms with E-state index < -0.39 is 0 Å². The van der Waals surface area contributed by atoms with Crippen LogP contribution in [-0.4, -0.2) is 18.1 Å². The van der Waals surface area contributed by atoms with Gasteiger partial charge >= 0.3 is 0 Å². The van der Waals surface area contributed by atoms with Crippen LogP contribution in [0.15, 0.2) is 21.2 Å². The third-order valence-corrected chi connectivity index (χ3v) is 5.59. The molecule has 0 N–H and O–H groups in total. The molecule has 2 aliphatic rings. The first-order valence-electron chi connectivity index (χ1n) is 6.75. The first-order chi connectivity index (χ1) is 8.69. The molecule has 1 aliphatic carbocycles. The summed E-state index contributed by atoms with van der Waals surface area (Å²) in [4.78, 5) is 6.98. The Kier molecular flexibility index (Phi) is 3.68. The van der Waals surface area contributed by atoms with E-state index in [1.807, 2.05) is 6.20 Å². The van der Waals surface area contributed by atoms with Crippen LogP contribution in [0, 0.1) is 5.41 Å². The molecule has 1 aromatic heterocycles. The summed E-state index contributed by atoms with van der Waals surface area (Å²) in [6.45, 7) is 2.32. The lowest BCUT2D eigenvalue weighted by Crippen LogP contribution is -2.39. The van der Waals surface area contributed by atoms with Gasteiger partial charge in [-0.15, -0.1) is 0 Å². The lowest BCUT2D eigenvalue weighted by Gasteiger charge is -2.40. The average Bonchev–Trinajstić information content (AvgIpc) is 2.80. The van der Waals surface area contributed by atoms with Crippen LogP contribution in [0.25, 0.3) is 0 Å². The number of pyridine rings is 1. The standard InChI is InChI=1S/C14H18Br2N2/c15-11-9-12(16)13(17-10-11)18-7-5-14(6-8-18)3-1-2-4-14/h9-10H,1-8H2. The van der Waals surface area contributed by atoms with Gasteiger partial charge in [0.15, 0.2) is 0 Å². The van der Waals surface area contributed by atoms with E-state index in [0.29, 0.717) is 5.41 Å². The van der Waals surface area contributed by atoms with Gasteiger partial charge in [0.2, 0.25) is 0 Å². The largest absolute Gasteiger partial charge is 0.356 e. The minimum absolute atomic E-state index is 0.679. The third-order valence-electron chi connectivity index (χ3n) is 4.58. The first-order valence-corrected chi connectivity index (χ1v) is 8.33. The monoisotopic (exact) mass is 372 g/mol. The molecule has 1 saturated carbocycles. The summed E-state index contributed by atoms with van der Waals surface area (Å²) in [5.41, 5.74) is 0.679. The predicted molar refractivity (Wildman–Crippen MR) is 82.0 cm³/mol. The number of aromatic nitrogens is 1. The molecule has 1 aromatic rings. The molecule has 0 aromatic carbocycles. The molecule has 2 fully saturated rings. The molecule has 4 heteroatoms. The second-order valence-electron chi connectivity index (χ2n) is 5.65. The Morgan fingerprint density at radius 2 is 1.72 bits per heavy atom. The number of nitrogens with zero attached hydrogens (tertiary/aromatic N) is 2. The molecule has 1 spiro atoms. The smallest absolute Gasteiger partial charge is 0.142 e. The normalized spacial score (nSPS) is 22.7. The maximum absolute atomic E-state index is 4.55. The Morgan fingerprint density at radius 1 is 1.06 bits per heavy atom. The lowest BCUT2D eigenvalue weighted by atomic mass is 9.77. The van der Waals surface area contributed by atoms with Gasteiger partial charge in [-0.05, 0) is 69.0 Å². The van der Waals surface area contributed by atoms with Crippen molar-refractivity contribution >= 4 is 37.7 Å². The van der Waals surface area contributed by atoms with E-state index in [1.165, 1.54) is 38.5 Å². The highest BCUT2D eigenvalue weighted by atomic mass is 79.9. The van der Waals surface area contributed by atoms with Gasteiger partial charge < -0.3 is 4.90 Å². The van der Waals surface area contributed by atoms with Crippen LogP contribution in [0.2, 0.25) is 0 Å². The van der Waals surface area contributed by atoms with E-state index in [9.17, 15) is 0 Å². The molecule has 0 atom stereocenters. The van der Waals surface area contributed by atoms with E-state index in [1.54, 1.807) is 0 Å². The Hall–Kier alpha value is -0.0900. The fourth-order valence-corrected chi connectivity index (χ4v) is 4.70. The molecule has 18 heavy (non-hydrogen) atoms. The van der Waals surface area contributed by atoms with Crippen LogP contribution in [0.4, 0.5) is 5.82 Å². The second-order valence-corrected chi connectivity index (χ2v) is 7.42. The van der Waals surface area contributed by atoms with Crippen molar-refractivity contribution in [2.45, 2.75) is 38.5 Å². The average molecular weight is 374 g/mol. The zero-order valence-corrected chi connectivity index (χ0v) is 13.6. The van der Waals surface area contributed by atoms with Crippen molar-refractivity contribution < 1.29 is 0 Å². The van der Waals surface area contributed by atoms with Crippen molar-refractivity contribution in [2.24, 2.45) is 5.41 Å². The molecule has 2 nitrogen and oxygen atoms in total. The van der Waals surface area contributed by atoms with Crippen LogP contribution >= 0.6 is 31.9 Å². The molecule has 0 radical (unpaired) electrons. The first kappa shape index (κ1) is 12.9. The fourth-order valence-electron chi connectivity index (χ4n) is 3.46. The summed E-state index contributed by atoms with van der Waals surface area (Å²) in [7, 11) is 0. The van der Waals surface area contributed by atoms with Gasteiger partial charge in [0.1, 0.15) is 5.82 Å². The lowest BCUT2D eigenvalue weighted by molar-refractivity contribution is 0.226. The summed E-state index contributed by atoms with van der Waals surface area (Å²) >= 11 is 7.08. The van der Waals surface area contributed by atoms with E-state index >= 15 is 0 Å². The number of halogens is 2. The Morgan fingerprint density at radius 3 is 2.33 bits per heavy atom. The van der Waals surface area contributed by atoms with Crippen molar-refractivity contribution in [1.29, 1.82) is 0 Å². The number of hydrogen-bond donors (Lipinski definition) is 0. The topological polar surface area (TPSA) is 16.1 Å². The Balaban J connectivity index is 1.72. The number of piperidine rings is 1. The predicted octanol–water partition coefficient (Wildman–Crippen LogP) is 4.77. The zero-order valence-electron chi connectivity index (χ0n) is 10.5. The van der Waals surface area contributed by atoms with Gasteiger partial charge in [0, 0.05) is 23.8 Å². The Labute approximate surface area is 125 Å². The molecule has 3 rings (SSSR count). The van der Waals surface area contributed by atoms with Crippen molar-refractivity contribution in [3.63, 3.8) is 0 Å². The number of hydrogen-bond acceptors (Lipinski definition) is 2. The van der Waals surface area contributed by atoms with Gasteiger partial charge in [-0.3, -0.25) is 0 Å². The van der Waals surface area contributed by atoms with E-state index in [-0.39, 0.29) is 0 Å². The third kappa shape index (κ3) is 2.46. The maximum Gasteiger partial charge on any atom is 0.142 e. The van der Waals surface area contributed by atoms with Crippen LogP contribution < -0.4 is 4.90 Å². The molecule has 1 saturated heterocycles. The van der Waals surface area contributed by atoms with E-state index in [2.05, 4.69) is 47.8 Å². The molecular weight excluding hydrogens is 356 g/mol. The van der Waals surface area contributed by atoms with Crippen LogP contribution in [0.3, 0.4) is 0 Å². The number of rotatable bonds is 1. The quantitative estimate of drug-likeness (QED) is 0.704. The summed E-state index contributed by atoms with van der Waals surface area (Å²) in [5.74, 6) is 1.10. The fraction of sp³-hybridized carbons (Fsp3) is 0.643. The highest BCUT2D eigenvalue weighted by Gasteiger charge is 2.37. The minimum Gasteiger partial charge on any atom is -0.356 e. The van der Waals surface area contributed by atoms with Crippen molar-refractivity contribution in [2.75, 3.05) is 18.0 Å². The summed E-state index contributed by atoms with van der Waals surface area (Å²) in [5, 5.41) is 0. The Bertz CT molecular complexity index is 431. The zero-order chi connectivity index (χ0) is 12.6. The number of anilines is 1. The maximum atomic E-state index is 4.55. The van der Waals surface area contributed by atoms with Gasteiger partial charge in [0.05, 0.1) is 4.47 Å². The molecule has 0 unspecified atom stereocenters. The highest BCUT2D eigenvalue weighted by molar-refractivity contribution is 9.11. The van der Waals surface area contributed by atoms with Gasteiger partial charge in [-0.1, -0.05) is 12.8 Å². The van der Waals surface area contributed by atoms with Crippen molar-refractivity contribution in [1.82, 2.24) is 4.98 Å². The molecule has 0 amide bonds. The van der Waals surface area contributed by atoms with Crippen LogP contribution in [0.5, 0.6) is 0 Å². The van der Waals surface area contributed by atoms with Gasteiger partial charge in [-0.25, -0.2) is 4.98 Å². The van der Waals surface area contributed by atoms with E-state index in [4.69, 9.17) is 0 Å². The summed E-state index contributed by atoms with van der Waals surface area (Å²) in [6, 6.07) is 2.09. The molecule has 98 valence electrons. The van der Waals surface area contributed by atoms with Crippen LogP contribution in [0.1, 0.15) is 38.5 Å². The molecular formula is C14H18Br2N2. The van der Waals surface area contributed by atoms with Crippen molar-refractivity contribution in [3.8, 4) is 0 Å². The molecule has 1 aliphatic heterocycles. The summed E-state index contributed by atoms with van der Waals surface area (Å²) in [6.07, 6.45) is 10.4. The van der Waals surface area contributed by atoms with Crippen molar-refractivity contribution in [3.05, 3.63) is 21.2 Å². The van der Waals surface area contributed by atoms with Crippen LogP contribution in [-0.2, 0) is 0 Å². The SMILES string of the molecule is Brc1cnc(N2CCC3(CCCC3)CC2)c(Br)c1. The molecule has 2 heterocycles. The second kappa shape index (κ2) is 5.12. The van der Waals surface area contributed by atoms with Gasteiger partial charge in [0.25, 0.3) is 0 Å². The highest BCUT2D eigenvalue weighted by Crippen LogP contribution is 2.46.